The third-order valence-electron chi connectivity index (χ3n) is 5.68. The van der Waals surface area contributed by atoms with Gasteiger partial charge in [0.2, 0.25) is 0 Å². The van der Waals surface area contributed by atoms with Crippen LogP contribution in [0.3, 0.4) is 0 Å². The number of amides is 1. The number of rotatable bonds is 2. The average Bonchev–Trinajstić information content (AvgIpc) is 3.15. The summed E-state index contributed by atoms with van der Waals surface area (Å²) in [5, 5.41) is 10.3. The second-order valence-electron chi connectivity index (χ2n) is 7.69. The van der Waals surface area contributed by atoms with E-state index in [9.17, 15) is 27.9 Å². The molecule has 0 bridgehead atoms. The van der Waals surface area contributed by atoms with Crippen molar-refractivity contribution < 1.29 is 23.1 Å². The molecule has 3 aromatic heterocycles. The first-order valence-corrected chi connectivity index (χ1v) is 10.8. The molecule has 5 rings (SSSR count). The maximum Gasteiger partial charge on any atom is 0.417 e. The molecule has 10 heteroatoms. The summed E-state index contributed by atoms with van der Waals surface area (Å²) >= 11 is 1.52. The van der Waals surface area contributed by atoms with Gasteiger partial charge in [-0.15, -0.1) is 11.3 Å². The van der Waals surface area contributed by atoms with Crippen LogP contribution >= 0.6 is 11.3 Å². The van der Waals surface area contributed by atoms with Crippen LogP contribution in [0, 0.1) is 0 Å². The van der Waals surface area contributed by atoms with Gasteiger partial charge in [-0.05, 0) is 47.7 Å². The van der Waals surface area contributed by atoms with Gasteiger partial charge in [-0.2, -0.15) is 13.2 Å². The lowest BCUT2D eigenvalue weighted by molar-refractivity contribution is -0.137. The maximum absolute atomic E-state index is 12.8. The lowest BCUT2D eigenvalue weighted by Gasteiger charge is -2.23. The Labute approximate surface area is 189 Å². The summed E-state index contributed by atoms with van der Waals surface area (Å²) in [7, 11) is 0. The van der Waals surface area contributed by atoms with E-state index in [4.69, 9.17) is 0 Å². The average molecular weight is 471 g/mol. The highest BCUT2D eigenvalue weighted by Crippen LogP contribution is 2.36. The summed E-state index contributed by atoms with van der Waals surface area (Å²) in [6.07, 6.45) is -2.44. The first-order chi connectivity index (χ1) is 15.7. The Morgan fingerprint density at radius 3 is 2.61 bits per heavy atom. The molecular weight excluding hydrogens is 455 g/mol. The van der Waals surface area contributed by atoms with Gasteiger partial charge in [-0.25, -0.2) is 4.79 Å². The molecule has 0 fully saturated rings. The van der Waals surface area contributed by atoms with Gasteiger partial charge in [-0.3, -0.25) is 14.3 Å². The van der Waals surface area contributed by atoms with Crippen molar-refractivity contribution in [2.45, 2.75) is 19.1 Å². The highest BCUT2D eigenvalue weighted by Gasteiger charge is 2.30. The van der Waals surface area contributed by atoms with Gasteiger partial charge >= 0.3 is 12.3 Å². The van der Waals surface area contributed by atoms with E-state index in [2.05, 4.69) is 4.98 Å². The molecule has 1 aliphatic rings. The predicted octanol–water partition coefficient (Wildman–Crippen LogP) is 5.17. The summed E-state index contributed by atoms with van der Waals surface area (Å²) in [6, 6.07) is 10.8. The summed E-state index contributed by atoms with van der Waals surface area (Å²) in [5.41, 5.74) is 1.30. The number of benzene rings is 1. The smallest absolute Gasteiger partial charge is 0.417 e. The van der Waals surface area contributed by atoms with Crippen LogP contribution in [-0.4, -0.2) is 32.2 Å². The van der Waals surface area contributed by atoms with Gasteiger partial charge in [0.05, 0.1) is 23.5 Å². The Morgan fingerprint density at radius 2 is 1.94 bits per heavy atom. The molecule has 4 heterocycles. The molecule has 4 aromatic rings. The predicted molar refractivity (Wildman–Crippen MR) is 118 cm³/mol. The molecule has 6 nitrogen and oxygen atoms in total. The van der Waals surface area contributed by atoms with Crippen molar-refractivity contribution in [2.75, 3.05) is 6.54 Å². The van der Waals surface area contributed by atoms with E-state index in [1.165, 1.54) is 32.9 Å². The number of carbonyl (C=O) groups is 1. The Hall–Kier alpha value is -3.66. The Kier molecular flexibility index (Phi) is 4.97. The highest BCUT2D eigenvalue weighted by molar-refractivity contribution is 7.19. The number of hydrogen-bond donors (Lipinski definition) is 1. The number of hydrogen-bond acceptors (Lipinski definition) is 4. The van der Waals surface area contributed by atoms with Crippen molar-refractivity contribution >= 4 is 27.5 Å². The molecule has 0 saturated heterocycles. The summed E-state index contributed by atoms with van der Waals surface area (Å²) < 4.78 is 40.7. The van der Waals surface area contributed by atoms with Crippen molar-refractivity contribution in [3.05, 3.63) is 81.2 Å². The van der Waals surface area contributed by atoms with Crippen LogP contribution in [0.25, 0.3) is 27.0 Å². The zero-order chi connectivity index (χ0) is 23.3. The number of halogens is 3. The second-order valence-corrected chi connectivity index (χ2v) is 8.83. The number of fused-ring (bicyclic) bond motifs is 3. The van der Waals surface area contributed by atoms with Crippen LogP contribution in [0.4, 0.5) is 18.0 Å². The lowest BCUT2D eigenvalue weighted by atomic mass is 10.0. The van der Waals surface area contributed by atoms with E-state index in [-0.39, 0.29) is 11.3 Å². The fraction of sp³-hybridized carbons (Fsp3) is 0.174. The molecule has 33 heavy (non-hydrogen) atoms. The topological polar surface area (TPSA) is 75.4 Å². The van der Waals surface area contributed by atoms with Gasteiger partial charge in [0.25, 0.3) is 5.56 Å². The van der Waals surface area contributed by atoms with Crippen molar-refractivity contribution in [1.29, 1.82) is 0 Å². The minimum absolute atomic E-state index is 0.275. The minimum Gasteiger partial charge on any atom is -0.465 e. The molecule has 1 amide bonds. The molecule has 0 unspecified atom stereocenters. The van der Waals surface area contributed by atoms with Crippen LogP contribution in [0.15, 0.2) is 59.7 Å². The number of carboxylic acid groups (broad SMARTS) is 1. The van der Waals surface area contributed by atoms with Gasteiger partial charge in [0.15, 0.2) is 0 Å². The molecule has 0 radical (unpaired) electrons. The number of pyridine rings is 2. The second kappa shape index (κ2) is 7.73. The number of nitrogens with zero attached hydrogens (tertiary/aromatic N) is 3. The van der Waals surface area contributed by atoms with Gasteiger partial charge < -0.3 is 10.0 Å². The molecule has 1 aliphatic heterocycles. The van der Waals surface area contributed by atoms with E-state index >= 15 is 0 Å². The zero-order valence-corrected chi connectivity index (χ0v) is 17.8. The zero-order valence-electron chi connectivity index (χ0n) is 17.0. The third-order valence-corrected chi connectivity index (χ3v) is 6.86. The largest absolute Gasteiger partial charge is 0.465 e. The standard InChI is InChI=1S/C23H16F3N3O3S/c24-23(25,26)14-1-4-18(27-11-14)13-5-8-29(21(30)9-13)15-2-3-16-17-6-7-28(22(31)32)12-20(17)33-19(16)10-15/h1-5,8-11H,6-7,12H2,(H,31,32). The summed E-state index contributed by atoms with van der Waals surface area (Å²) in [6.45, 7) is 0.808. The maximum atomic E-state index is 12.8. The number of alkyl halides is 3. The Morgan fingerprint density at radius 1 is 1.12 bits per heavy atom. The monoisotopic (exact) mass is 471 g/mol. The van der Waals surface area contributed by atoms with Crippen LogP contribution in [-0.2, 0) is 19.1 Å². The van der Waals surface area contributed by atoms with Crippen molar-refractivity contribution in [2.24, 2.45) is 0 Å². The molecule has 1 N–H and O–H groups in total. The Balaban J connectivity index is 1.47. The van der Waals surface area contributed by atoms with E-state index in [0.717, 1.165) is 32.8 Å². The molecule has 0 aliphatic carbocycles. The molecule has 168 valence electrons. The first-order valence-electron chi connectivity index (χ1n) is 9.99. The summed E-state index contributed by atoms with van der Waals surface area (Å²) in [5.74, 6) is 0. The summed E-state index contributed by atoms with van der Waals surface area (Å²) in [4.78, 5) is 30.3. The van der Waals surface area contributed by atoms with Crippen LogP contribution in [0.1, 0.15) is 16.0 Å². The number of thiophene rings is 1. The van der Waals surface area contributed by atoms with Crippen LogP contribution in [0.2, 0.25) is 0 Å². The van der Waals surface area contributed by atoms with Gasteiger partial charge in [-0.1, -0.05) is 6.07 Å². The molecular formula is C23H16F3N3O3S. The van der Waals surface area contributed by atoms with E-state index < -0.39 is 17.8 Å². The third kappa shape index (κ3) is 3.86. The normalized spacial score (nSPS) is 13.8. The quantitative estimate of drug-likeness (QED) is 0.438. The first kappa shape index (κ1) is 21.2. The van der Waals surface area contributed by atoms with E-state index in [0.29, 0.717) is 30.8 Å². The Bertz CT molecular complexity index is 1440. The fourth-order valence-corrected chi connectivity index (χ4v) is 5.29. The molecule has 0 saturated carbocycles. The van der Waals surface area contributed by atoms with Crippen LogP contribution in [0.5, 0.6) is 0 Å². The fourth-order valence-electron chi connectivity index (χ4n) is 3.99. The van der Waals surface area contributed by atoms with E-state index in [1.54, 1.807) is 12.3 Å². The molecule has 0 atom stereocenters. The van der Waals surface area contributed by atoms with Gasteiger partial charge in [0.1, 0.15) is 0 Å². The number of aromatic nitrogens is 2. The van der Waals surface area contributed by atoms with Gasteiger partial charge in [0, 0.05) is 40.1 Å². The SMILES string of the molecule is O=C(O)N1CCc2c(sc3cc(-n4ccc(-c5ccc(C(F)(F)F)cn5)cc4=O)ccc23)C1. The molecule has 1 aromatic carbocycles. The lowest BCUT2D eigenvalue weighted by Crippen LogP contribution is -2.33. The minimum atomic E-state index is -4.47. The van der Waals surface area contributed by atoms with Crippen LogP contribution < -0.4 is 5.56 Å². The van der Waals surface area contributed by atoms with Crippen molar-refractivity contribution in [3.63, 3.8) is 0 Å². The van der Waals surface area contributed by atoms with Crippen molar-refractivity contribution in [1.82, 2.24) is 14.5 Å². The molecule has 0 spiro atoms. The highest BCUT2D eigenvalue weighted by atomic mass is 32.1. The van der Waals surface area contributed by atoms with Crippen molar-refractivity contribution in [3.8, 4) is 16.9 Å². The van der Waals surface area contributed by atoms with E-state index in [1.807, 2.05) is 18.2 Å².